The molecule has 1 aliphatic rings. The van der Waals surface area contributed by atoms with Crippen LogP contribution in [0.15, 0.2) is 53.4 Å². The lowest BCUT2D eigenvalue weighted by atomic mass is 9.97. The van der Waals surface area contributed by atoms with E-state index in [2.05, 4.69) is 0 Å². The van der Waals surface area contributed by atoms with E-state index in [1.54, 1.807) is 58.0 Å². The van der Waals surface area contributed by atoms with Crippen molar-refractivity contribution >= 4 is 33.0 Å². The molecule has 0 spiro atoms. The van der Waals surface area contributed by atoms with Gasteiger partial charge >= 0.3 is 12.1 Å². The molecular weight excluding hydrogens is 480 g/mol. The van der Waals surface area contributed by atoms with Gasteiger partial charge in [0, 0.05) is 11.9 Å². The molecular formula is C27H32N2O6S. The summed E-state index contributed by atoms with van der Waals surface area (Å²) in [6, 6.07) is 13.0. The average Bonchev–Trinajstić information content (AvgIpc) is 3.14. The molecule has 0 fully saturated rings. The molecule has 0 N–H and O–H groups in total. The van der Waals surface area contributed by atoms with Gasteiger partial charge in [0.15, 0.2) is 0 Å². The van der Waals surface area contributed by atoms with Crippen LogP contribution in [0.3, 0.4) is 0 Å². The standard InChI is InChI=1S/C27H32N2O6S/c1-6-34-24(30)17-23-25-21(15-16-28(23)36(32,33)19-13-11-18(2)12-14-19)20-9-7-8-10-22(20)29(25)26(31)35-27(3,4)5/h7-14,23H,6,15-17H2,1-5H3. The van der Waals surface area contributed by atoms with Crippen LogP contribution in [0.5, 0.6) is 0 Å². The highest BCUT2D eigenvalue weighted by atomic mass is 32.2. The number of para-hydroxylation sites is 1. The second-order valence-electron chi connectivity index (χ2n) is 9.90. The lowest BCUT2D eigenvalue weighted by molar-refractivity contribution is -0.144. The molecule has 3 aromatic rings. The van der Waals surface area contributed by atoms with E-state index >= 15 is 0 Å². The van der Waals surface area contributed by atoms with Gasteiger partial charge in [0.25, 0.3) is 0 Å². The first-order valence-electron chi connectivity index (χ1n) is 12.0. The van der Waals surface area contributed by atoms with Crippen molar-refractivity contribution in [3.05, 3.63) is 65.4 Å². The number of hydrogen-bond acceptors (Lipinski definition) is 6. The zero-order valence-electron chi connectivity index (χ0n) is 21.3. The van der Waals surface area contributed by atoms with E-state index in [1.165, 1.54) is 8.87 Å². The Hall–Kier alpha value is -3.17. The van der Waals surface area contributed by atoms with Gasteiger partial charge in [-0.3, -0.25) is 4.79 Å². The maximum absolute atomic E-state index is 13.8. The van der Waals surface area contributed by atoms with Gasteiger partial charge in [0.1, 0.15) is 5.60 Å². The number of hydrogen-bond donors (Lipinski definition) is 0. The van der Waals surface area contributed by atoms with Gasteiger partial charge in [-0.15, -0.1) is 0 Å². The molecule has 0 radical (unpaired) electrons. The van der Waals surface area contributed by atoms with E-state index in [0.29, 0.717) is 17.6 Å². The Bertz CT molecular complexity index is 1400. The summed E-state index contributed by atoms with van der Waals surface area (Å²) >= 11 is 0. The SMILES string of the molecule is CCOC(=O)CC1c2c(c3ccccc3n2C(=O)OC(C)(C)C)CCN1S(=O)(=O)c1ccc(C)cc1. The normalized spacial score (nSPS) is 16.5. The molecule has 8 nitrogen and oxygen atoms in total. The number of rotatable bonds is 5. The Morgan fingerprint density at radius 3 is 2.36 bits per heavy atom. The molecule has 192 valence electrons. The molecule has 36 heavy (non-hydrogen) atoms. The second kappa shape index (κ2) is 9.71. The maximum atomic E-state index is 13.8. The summed E-state index contributed by atoms with van der Waals surface area (Å²) in [5.41, 5.74) is 2.05. The summed E-state index contributed by atoms with van der Waals surface area (Å²) < 4.78 is 41.3. The fourth-order valence-corrected chi connectivity index (χ4v) is 6.26. The fourth-order valence-electron chi connectivity index (χ4n) is 4.67. The molecule has 0 bridgehead atoms. The second-order valence-corrected chi connectivity index (χ2v) is 11.8. The molecule has 2 heterocycles. The van der Waals surface area contributed by atoms with Crippen LogP contribution in [0.1, 0.15) is 57.0 Å². The minimum Gasteiger partial charge on any atom is -0.466 e. The van der Waals surface area contributed by atoms with Crippen LogP contribution in [-0.4, -0.2) is 48.1 Å². The first kappa shape index (κ1) is 25.9. The zero-order valence-corrected chi connectivity index (χ0v) is 22.1. The first-order chi connectivity index (χ1) is 16.9. The van der Waals surface area contributed by atoms with Crippen molar-refractivity contribution in [2.45, 2.75) is 64.0 Å². The molecule has 1 aromatic heterocycles. The largest absolute Gasteiger partial charge is 0.466 e. The highest BCUT2D eigenvalue weighted by Crippen LogP contribution is 2.41. The first-order valence-corrected chi connectivity index (χ1v) is 13.5. The molecule has 2 aromatic carbocycles. The Balaban J connectivity index is 1.93. The molecule has 4 rings (SSSR count). The Morgan fingerprint density at radius 1 is 1.06 bits per heavy atom. The average molecular weight is 513 g/mol. The van der Waals surface area contributed by atoms with Crippen molar-refractivity contribution in [2.75, 3.05) is 13.2 Å². The summed E-state index contributed by atoms with van der Waals surface area (Å²) in [5.74, 6) is -0.541. The molecule has 0 aliphatic carbocycles. The van der Waals surface area contributed by atoms with Gasteiger partial charge in [0.05, 0.1) is 35.2 Å². The van der Waals surface area contributed by atoms with Crippen LogP contribution in [-0.2, 0) is 30.7 Å². The Labute approximate surface area is 211 Å². The number of aryl methyl sites for hydroxylation is 1. The predicted molar refractivity (Wildman–Crippen MR) is 136 cm³/mol. The highest BCUT2D eigenvalue weighted by Gasteiger charge is 2.42. The van der Waals surface area contributed by atoms with Crippen LogP contribution < -0.4 is 0 Å². The summed E-state index contributed by atoms with van der Waals surface area (Å²) in [6.07, 6.45) is -0.468. The van der Waals surface area contributed by atoms with E-state index in [9.17, 15) is 18.0 Å². The van der Waals surface area contributed by atoms with Gasteiger partial charge in [-0.2, -0.15) is 4.31 Å². The minimum absolute atomic E-state index is 0.130. The smallest absolute Gasteiger partial charge is 0.419 e. The number of esters is 1. The van der Waals surface area contributed by atoms with Crippen LogP contribution in [0.4, 0.5) is 4.79 Å². The maximum Gasteiger partial charge on any atom is 0.419 e. The minimum atomic E-state index is -3.99. The van der Waals surface area contributed by atoms with Gasteiger partial charge in [-0.25, -0.2) is 17.8 Å². The van der Waals surface area contributed by atoms with Gasteiger partial charge in [-0.05, 0) is 64.8 Å². The lowest BCUT2D eigenvalue weighted by Crippen LogP contribution is -2.42. The van der Waals surface area contributed by atoms with Crippen LogP contribution in [0.2, 0.25) is 0 Å². The molecule has 1 atom stereocenters. The van der Waals surface area contributed by atoms with E-state index in [0.717, 1.165) is 16.5 Å². The third kappa shape index (κ3) is 4.90. The quantitative estimate of drug-likeness (QED) is 0.448. The van der Waals surface area contributed by atoms with E-state index in [-0.39, 0.29) is 24.5 Å². The van der Waals surface area contributed by atoms with Crippen molar-refractivity contribution < 1.29 is 27.5 Å². The van der Waals surface area contributed by atoms with Crippen LogP contribution in [0.25, 0.3) is 10.9 Å². The highest BCUT2D eigenvalue weighted by molar-refractivity contribution is 7.89. The van der Waals surface area contributed by atoms with Crippen molar-refractivity contribution in [1.29, 1.82) is 0 Å². The van der Waals surface area contributed by atoms with Gasteiger partial charge in [-0.1, -0.05) is 35.9 Å². The number of benzene rings is 2. The Morgan fingerprint density at radius 2 is 1.72 bits per heavy atom. The van der Waals surface area contributed by atoms with E-state index in [1.807, 2.05) is 25.1 Å². The molecule has 1 aliphatic heterocycles. The van der Waals surface area contributed by atoms with Crippen molar-refractivity contribution in [3.63, 3.8) is 0 Å². The third-order valence-corrected chi connectivity index (χ3v) is 8.06. The summed E-state index contributed by atoms with van der Waals surface area (Å²) in [5, 5.41) is 0.833. The van der Waals surface area contributed by atoms with Gasteiger partial charge < -0.3 is 9.47 Å². The topological polar surface area (TPSA) is 94.9 Å². The zero-order chi connectivity index (χ0) is 26.3. The summed E-state index contributed by atoms with van der Waals surface area (Å²) in [6.45, 7) is 9.22. The number of carbonyl (C=O) groups excluding carboxylic acids is 2. The Kier molecular flexibility index (Phi) is 6.99. The molecule has 9 heteroatoms. The molecule has 0 saturated carbocycles. The third-order valence-electron chi connectivity index (χ3n) is 6.13. The monoisotopic (exact) mass is 512 g/mol. The van der Waals surface area contributed by atoms with Crippen molar-refractivity contribution in [1.82, 2.24) is 8.87 Å². The fraction of sp³-hybridized carbons (Fsp3) is 0.407. The number of nitrogens with zero attached hydrogens (tertiary/aromatic N) is 2. The van der Waals surface area contributed by atoms with Crippen molar-refractivity contribution in [3.8, 4) is 0 Å². The van der Waals surface area contributed by atoms with E-state index in [4.69, 9.17) is 9.47 Å². The van der Waals surface area contributed by atoms with Crippen LogP contribution in [0, 0.1) is 6.92 Å². The molecule has 0 amide bonds. The summed E-state index contributed by atoms with van der Waals surface area (Å²) in [7, 11) is -3.99. The van der Waals surface area contributed by atoms with E-state index < -0.39 is 33.7 Å². The number of carbonyl (C=O) groups is 2. The molecule has 1 unspecified atom stereocenters. The molecule has 0 saturated heterocycles. The lowest BCUT2D eigenvalue weighted by Gasteiger charge is -2.35. The van der Waals surface area contributed by atoms with Crippen LogP contribution >= 0.6 is 0 Å². The predicted octanol–water partition coefficient (Wildman–Crippen LogP) is 4.97. The number of fused-ring (bicyclic) bond motifs is 3. The number of ether oxygens (including phenoxy) is 2. The van der Waals surface area contributed by atoms with Gasteiger partial charge in [0.2, 0.25) is 10.0 Å². The summed E-state index contributed by atoms with van der Waals surface area (Å²) in [4.78, 5) is 26.3. The number of aromatic nitrogens is 1. The van der Waals surface area contributed by atoms with Crippen molar-refractivity contribution in [2.24, 2.45) is 0 Å². The number of sulfonamides is 1.